The summed E-state index contributed by atoms with van der Waals surface area (Å²) < 4.78 is 5.94. The minimum Gasteiger partial charge on any atom is -0.375 e. The Morgan fingerprint density at radius 1 is 1.37 bits per heavy atom. The molecule has 0 spiro atoms. The van der Waals surface area contributed by atoms with Gasteiger partial charge in [0.1, 0.15) is 6.04 Å². The van der Waals surface area contributed by atoms with Crippen molar-refractivity contribution < 1.29 is 14.3 Å². The van der Waals surface area contributed by atoms with E-state index in [1.54, 1.807) is 11.8 Å². The van der Waals surface area contributed by atoms with Gasteiger partial charge in [-0.2, -0.15) is 0 Å². The first kappa shape index (κ1) is 14.3. The van der Waals surface area contributed by atoms with Crippen molar-refractivity contribution in [1.82, 2.24) is 10.2 Å². The number of hydrogen-bond donors (Lipinski definition) is 1. The van der Waals surface area contributed by atoms with Crippen LogP contribution in [0.3, 0.4) is 0 Å². The van der Waals surface area contributed by atoms with Crippen LogP contribution < -0.4 is 5.32 Å². The largest absolute Gasteiger partial charge is 0.375 e. The Hall–Kier alpha value is -1.10. The molecule has 2 saturated heterocycles. The normalized spacial score (nSPS) is 31.2. The van der Waals surface area contributed by atoms with Gasteiger partial charge >= 0.3 is 0 Å². The lowest BCUT2D eigenvalue weighted by molar-refractivity contribution is -0.157. The molecule has 1 N–H and O–H groups in total. The highest BCUT2D eigenvalue weighted by Crippen LogP contribution is 2.34. The molecule has 0 aromatic heterocycles. The maximum absolute atomic E-state index is 12.1. The smallest absolute Gasteiger partial charge is 0.242 e. The van der Waals surface area contributed by atoms with Crippen LogP contribution in [0.1, 0.15) is 46.5 Å². The Morgan fingerprint density at radius 2 is 2.05 bits per heavy atom. The lowest BCUT2D eigenvalue weighted by Gasteiger charge is -2.46. The Kier molecular flexibility index (Phi) is 4.13. The molecule has 2 aliphatic heterocycles. The summed E-state index contributed by atoms with van der Waals surface area (Å²) in [6.45, 7) is 6.86. The third-order valence-corrected chi connectivity index (χ3v) is 4.65. The van der Waals surface area contributed by atoms with Crippen LogP contribution in [-0.2, 0) is 14.3 Å². The fourth-order valence-corrected chi connectivity index (χ4v) is 3.25. The Bertz CT molecular complexity index is 366. The van der Waals surface area contributed by atoms with E-state index in [0.717, 1.165) is 25.7 Å². The van der Waals surface area contributed by atoms with Gasteiger partial charge in [-0.15, -0.1) is 0 Å². The monoisotopic (exact) mass is 268 g/mol. The fourth-order valence-electron chi connectivity index (χ4n) is 3.25. The van der Waals surface area contributed by atoms with E-state index in [4.69, 9.17) is 4.74 Å². The van der Waals surface area contributed by atoms with E-state index in [1.807, 2.05) is 0 Å². The zero-order valence-electron chi connectivity index (χ0n) is 12.1. The van der Waals surface area contributed by atoms with Crippen molar-refractivity contribution in [2.75, 3.05) is 13.2 Å². The molecule has 0 aromatic rings. The average Bonchev–Trinajstić information content (AvgIpc) is 2.43. The van der Waals surface area contributed by atoms with Crippen LogP contribution >= 0.6 is 0 Å². The summed E-state index contributed by atoms with van der Waals surface area (Å²) >= 11 is 0. The molecule has 2 atom stereocenters. The lowest BCUT2D eigenvalue weighted by atomic mass is 9.84. The Balaban J connectivity index is 2.15. The van der Waals surface area contributed by atoms with E-state index in [0.29, 0.717) is 6.61 Å². The first-order valence-electron chi connectivity index (χ1n) is 7.26. The number of carbonyl (C=O) groups is 2. The predicted octanol–water partition coefficient (Wildman–Crippen LogP) is 1.07. The third kappa shape index (κ3) is 2.61. The molecule has 0 aromatic carbocycles. The number of nitrogens with one attached hydrogen (secondary N) is 1. The summed E-state index contributed by atoms with van der Waals surface area (Å²) in [4.78, 5) is 25.6. The van der Waals surface area contributed by atoms with Crippen LogP contribution in [0.25, 0.3) is 0 Å². The summed E-state index contributed by atoms with van der Waals surface area (Å²) in [5.74, 6) is -0.0233. The molecule has 2 heterocycles. The number of hydrogen-bond acceptors (Lipinski definition) is 3. The Labute approximate surface area is 114 Å². The van der Waals surface area contributed by atoms with Crippen LogP contribution in [0.15, 0.2) is 0 Å². The van der Waals surface area contributed by atoms with Gasteiger partial charge in [0.25, 0.3) is 0 Å². The second kappa shape index (κ2) is 5.49. The number of carbonyl (C=O) groups excluding carboxylic acids is 2. The van der Waals surface area contributed by atoms with Crippen molar-refractivity contribution in [2.24, 2.45) is 0 Å². The van der Waals surface area contributed by atoms with Crippen molar-refractivity contribution in [3.63, 3.8) is 0 Å². The van der Waals surface area contributed by atoms with Gasteiger partial charge in [-0.3, -0.25) is 9.59 Å². The first-order valence-corrected chi connectivity index (χ1v) is 7.26. The number of piperazine rings is 1. The topological polar surface area (TPSA) is 58.6 Å². The Morgan fingerprint density at radius 3 is 2.68 bits per heavy atom. The summed E-state index contributed by atoms with van der Waals surface area (Å²) in [6.07, 6.45) is 3.56. The van der Waals surface area contributed by atoms with Gasteiger partial charge in [-0.1, -0.05) is 13.8 Å². The van der Waals surface area contributed by atoms with Gasteiger partial charge in [-0.25, -0.2) is 0 Å². The summed E-state index contributed by atoms with van der Waals surface area (Å²) in [7, 11) is 0. The molecule has 0 radical (unpaired) electrons. The van der Waals surface area contributed by atoms with Crippen molar-refractivity contribution in [3.05, 3.63) is 0 Å². The maximum Gasteiger partial charge on any atom is 0.242 e. The van der Waals surface area contributed by atoms with Crippen LogP contribution in [0.5, 0.6) is 0 Å². The van der Waals surface area contributed by atoms with Gasteiger partial charge in [0, 0.05) is 12.6 Å². The molecule has 108 valence electrons. The van der Waals surface area contributed by atoms with E-state index in [9.17, 15) is 9.59 Å². The summed E-state index contributed by atoms with van der Waals surface area (Å²) in [6, 6.07) is -0.238. The first-order chi connectivity index (χ1) is 9.03. The van der Waals surface area contributed by atoms with E-state index < -0.39 is 0 Å². The predicted molar refractivity (Wildman–Crippen MR) is 71.6 cm³/mol. The van der Waals surface area contributed by atoms with Gasteiger partial charge in [0.15, 0.2) is 0 Å². The lowest BCUT2D eigenvalue weighted by Crippen LogP contribution is -2.62. The molecule has 2 aliphatic rings. The van der Waals surface area contributed by atoms with Gasteiger partial charge in [0.2, 0.25) is 11.8 Å². The molecule has 0 bridgehead atoms. The molecule has 5 nitrogen and oxygen atoms in total. The molecular formula is C14H24N2O3. The van der Waals surface area contributed by atoms with Gasteiger partial charge in [0.05, 0.1) is 12.1 Å². The number of ether oxygens (including phenoxy) is 1. The molecule has 5 heteroatoms. The highest BCUT2D eigenvalue weighted by Gasteiger charge is 2.42. The van der Waals surface area contributed by atoms with E-state index >= 15 is 0 Å². The van der Waals surface area contributed by atoms with Crippen LogP contribution in [0, 0.1) is 0 Å². The molecule has 0 aliphatic carbocycles. The van der Waals surface area contributed by atoms with Crippen molar-refractivity contribution in [1.29, 1.82) is 0 Å². The molecule has 2 amide bonds. The van der Waals surface area contributed by atoms with E-state index in [2.05, 4.69) is 19.2 Å². The fraction of sp³-hybridized carbons (Fsp3) is 0.857. The van der Waals surface area contributed by atoms with Gasteiger partial charge < -0.3 is 15.0 Å². The van der Waals surface area contributed by atoms with Crippen LogP contribution in [0.2, 0.25) is 0 Å². The standard InChI is InChI=1S/C14H24N2O3/c1-4-14(5-2)8-11(6-7-19-14)16-10(3)13(18)15-9-12(16)17/h10-11H,4-9H2,1-3H3,(H,15,18). The highest BCUT2D eigenvalue weighted by atomic mass is 16.5. The minimum atomic E-state index is -0.365. The number of nitrogens with zero attached hydrogens (tertiary/aromatic N) is 1. The molecule has 2 fully saturated rings. The number of amides is 2. The van der Waals surface area contributed by atoms with Gasteiger partial charge in [-0.05, 0) is 32.6 Å². The van der Waals surface area contributed by atoms with Crippen LogP contribution in [0.4, 0.5) is 0 Å². The van der Waals surface area contributed by atoms with Crippen molar-refractivity contribution in [3.8, 4) is 0 Å². The molecule has 2 rings (SSSR count). The second-order valence-corrected chi connectivity index (χ2v) is 5.58. The quantitative estimate of drug-likeness (QED) is 0.833. The zero-order chi connectivity index (χ0) is 14.0. The molecular weight excluding hydrogens is 244 g/mol. The minimum absolute atomic E-state index is 0.0279. The van der Waals surface area contributed by atoms with E-state index in [1.165, 1.54) is 0 Å². The molecule has 0 saturated carbocycles. The SMILES string of the molecule is CCC1(CC)CC(N2C(=O)CNC(=O)C2C)CCO1. The van der Waals surface area contributed by atoms with Crippen LogP contribution in [-0.4, -0.2) is 47.6 Å². The summed E-state index contributed by atoms with van der Waals surface area (Å²) in [5, 5.41) is 2.64. The third-order valence-electron chi connectivity index (χ3n) is 4.65. The van der Waals surface area contributed by atoms with E-state index in [-0.39, 0.29) is 36.0 Å². The average molecular weight is 268 g/mol. The highest BCUT2D eigenvalue weighted by molar-refractivity contribution is 5.94. The molecule has 2 unspecified atom stereocenters. The van der Waals surface area contributed by atoms with Crippen molar-refractivity contribution >= 4 is 11.8 Å². The zero-order valence-corrected chi connectivity index (χ0v) is 12.1. The second-order valence-electron chi connectivity index (χ2n) is 5.58. The van der Waals surface area contributed by atoms with Crippen molar-refractivity contribution in [2.45, 2.75) is 64.1 Å². The maximum atomic E-state index is 12.1. The molecule has 19 heavy (non-hydrogen) atoms. The number of rotatable bonds is 3. The summed E-state index contributed by atoms with van der Waals surface area (Å²) in [5.41, 5.74) is -0.128.